The molecular weight excluding hydrogens is 374 g/mol. The van der Waals surface area contributed by atoms with Crippen molar-refractivity contribution in [1.29, 1.82) is 0 Å². The molecule has 2 aliphatic heterocycles. The monoisotopic (exact) mass is 397 g/mol. The molecule has 0 saturated carbocycles. The zero-order valence-corrected chi connectivity index (χ0v) is 16.7. The molecule has 0 radical (unpaired) electrons. The minimum absolute atomic E-state index is 0.0569. The van der Waals surface area contributed by atoms with Crippen LogP contribution in [0.4, 0.5) is 4.79 Å². The molecule has 2 aliphatic rings. The number of carbonyl (C=O) groups excluding carboxylic acids is 1. The van der Waals surface area contributed by atoms with E-state index in [1.807, 2.05) is 49.8 Å². The van der Waals surface area contributed by atoms with Crippen molar-refractivity contribution in [1.82, 2.24) is 24.8 Å². The zero-order valence-electron chi connectivity index (χ0n) is 16.7. The van der Waals surface area contributed by atoms with Gasteiger partial charge in [-0.3, -0.25) is 4.68 Å². The number of ether oxygens (including phenoxy) is 2. The number of benzene rings is 1. The van der Waals surface area contributed by atoms with Crippen molar-refractivity contribution < 1.29 is 18.8 Å². The summed E-state index contributed by atoms with van der Waals surface area (Å²) in [5.74, 6) is 1.14. The fourth-order valence-electron chi connectivity index (χ4n) is 3.46. The molecule has 0 unspecified atom stereocenters. The Hall–Kier alpha value is -2.94. The third-order valence-electron chi connectivity index (χ3n) is 5.15. The van der Waals surface area contributed by atoms with E-state index in [-0.39, 0.29) is 18.1 Å². The Bertz CT molecular complexity index is 1060. The van der Waals surface area contributed by atoms with Crippen LogP contribution in [0.2, 0.25) is 0 Å². The molecule has 0 N–H and O–H groups in total. The van der Waals surface area contributed by atoms with Crippen LogP contribution in [-0.4, -0.2) is 62.8 Å². The van der Waals surface area contributed by atoms with Gasteiger partial charge in [-0.25, -0.2) is 4.79 Å². The summed E-state index contributed by atoms with van der Waals surface area (Å²) in [6, 6.07) is 6.25. The number of hydrogen-bond donors (Lipinski definition) is 0. The van der Waals surface area contributed by atoms with Crippen LogP contribution in [0.15, 0.2) is 28.9 Å². The highest BCUT2D eigenvalue weighted by atomic mass is 16.6. The average Bonchev–Trinajstić information content (AvgIpc) is 3.18. The van der Waals surface area contributed by atoms with Gasteiger partial charge in [0.2, 0.25) is 0 Å². The van der Waals surface area contributed by atoms with E-state index in [4.69, 9.17) is 14.0 Å². The number of fused-ring (bicyclic) bond motifs is 1. The standard InChI is InChI=1S/C20H23N5O4/c1-20(2,3)28-19(26)24-8-14(9-24)17-22-18(29-23-17)12-4-5-13-7-21-25(16(13)6-12)15-10-27-11-15/h4-7,14-15H,8-11H2,1-3H3. The molecule has 3 aromatic rings. The van der Waals surface area contributed by atoms with Gasteiger partial charge in [0.25, 0.3) is 5.89 Å². The summed E-state index contributed by atoms with van der Waals surface area (Å²) in [4.78, 5) is 18.3. The fraction of sp³-hybridized carbons (Fsp3) is 0.500. The summed E-state index contributed by atoms with van der Waals surface area (Å²) >= 11 is 0. The zero-order chi connectivity index (χ0) is 20.2. The lowest BCUT2D eigenvalue weighted by Gasteiger charge is -2.38. The van der Waals surface area contributed by atoms with Crippen LogP contribution in [0, 0.1) is 0 Å². The van der Waals surface area contributed by atoms with Crippen LogP contribution in [0.1, 0.15) is 38.6 Å². The fourth-order valence-corrected chi connectivity index (χ4v) is 3.46. The van der Waals surface area contributed by atoms with Crippen molar-refractivity contribution in [2.24, 2.45) is 0 Å². The van der Waals surface area contributed by atoms with Gasteiger partial charge in [-0.05, 0) is 32.9 Å². The predicted molar refractivity (Wildman–Crippen MR) is 103 cm³/mol. The first-order chi connectivity index (χ1) is 13.9. The number of aromatic nitrogens is 4. The molecule has 2 saturated heterocycles. The lowest BCUT2D eigenvalue weighted by Crippen LogP contribution is -2.50. The predicted octanol–water partition coefficient (Wildman–Crippen LogP) is 2.99. The van der Waals surface area contributed by atoms with Crippen molar-refractivity contribution >= 4 is 17.0 Å². The lowest BCUT2D eigenvalue weighted by atomic mass is 10.0. The van der Waals surface area contributed by atoms with E-state index < -0.39 is 5.60 Å². The van der Waals surface area contributed by atoms with E-state index >= 15 is 0 Å². The van der Waals surface area contributed by atoms with Gasteiger partial charge in [0.15, 0.2) is 5.82 Å². The summed E-state index contributed by atoms with van der Waals surface area (Å²) in [7, 11) is 0. The molecule has 1 amide bonds. The van der Waals surface area contributed by atoms with Crippen molar-refractivity contribution in [3.8, 4) is 11.5 Å². The van der Waals surface area contributed by atoms with E-state index in [1.165, 1.54) is 0 Å². The van der Waals surface area contributed by atoms with Gasteiger partial charge in [-0.15, -0.1) is 0 Å². The summed E-state index contributed by atoms with van der Waals surface area (Å²) in [5, 5.41) is 9.67. The summed E-state index contributed by atoms with van der Waals surface area (Å²) in [6.07, 6.45) is 1.55. The SMILES string of the molecule is CC(C)(C)OC(=O)N1CC(c2noc(-c3ccc4cnn(C5COC5)c4c3)n2)C1. The van der Waals surface area contributed by atoms with Gasteiger partial charge < -0.3 is 18.9 Å². The second-order valence-corrected chi connectivity index (χ2v) is 8.59. The number of carbonyl (C=O) groups is 1. The normalized spacial score (nSPS) is 18.0. The highest BCUT2D eigenvalue weighted by Gasteiger charge is 2.37. The van der Waals surface area contributed by atoms with Gasteiger partial charge in [0.05, 0.1) is 36.9 Å². The molecular formula is C20H23N5O4. The van der Waals surface area contributed by atoms with Crippen LogP contribution >= 0.6 is 0 Å². The second kappa shape index (κ2) is 6.55. The first-order valence-corrected chi connectivity index (χ1v) is 9.74. The minimum atomic E-state index is -0.502. The molecule has 29 heavy (non-hydrogen) atoms. The first-order valence-electron chi connectivity index (χ1n) is 9.74. The summed E-state index contributed by atoms with van der Waals surface area (Å²) in [6.45, 7) is 7.99. The summed E-state index contributed by atoms with van der Waals surface area (Å²) in [5.41, 5.74) is 1.37. The number of nitrogens with zero attached hydrogens (tertiary/aromatic N) is 5. The number of likely N-dealkylation sites (tertiary alicyclic amines) is 1. The van der Waals surface area contributed by atoms with Crippen LogP contribution in [-0.2, 0) is 9.47 Å². The number of amides is 1. The van der Waals surface area contributed by atoms with Gasteiger partial charge in [0, 0.05) is 24.0 Å². The first kappa shape index (κ1) is 18.1. The Morgan fingerprint density at radius 3 is 2.72 bits per heavy atom. The molecule has 152 valence electrons. The van der Waals surface area contributed by atoms with Gasteiger partial charge >= 0.3 is 6.09 Å². The van der Waals surface area contributed by atoms with Gasteiger partial charge in [0.1, 0.15) is 5.60 Å². The topological polar surface area (TPSA) is 95.5 Å². The van der Waals surface area contributed by atoms with Crippen LogP contribution in [0.3, 0.4) is 0 Å². The number of rotatable bonds is 3. The van der Waals surface area contributed by atoms with E-state index in [0.29, 0.717) is 38.0 Å². The molecule has 4 heterocycles. The Balaban J connectivity index is 1.30. The maximum absolute atomic E-state index is 12.1. The molecule has 9 heteroatoms. The van der Waals surface area contributed by atoms with E-state index in [0.717, 1.165) is 16.5 Å². The smallest absolute Gasteiger partial charge is 0.410 e. The molecule has 1 aromatic carbocycles. The largest absolute Gasteiger partial charge is 0.444 e. The molecule has 2 aromatic heterocycles. The third kappa shape index (κ3) is 3.35. The molecule has 0 spiro atoms. The molecule has 5 rings (SSSR count). The van der Waals surface area contributed by atoms with E-state index in [2.05, 4.69) is 15.2 Å². The van der Waals surface area contributed by atoms with Gasteiger partial charge in [-0.1, -0.05) is 11.2 Å². The van der Waals surface area contributed by atoms with Crippen LogP contribution < -0.4 is 0 Å². The molecule has 2 fully saturated rings. The maximum atomic E-state index is 12.1. The number of hydrogen-bond acceptors (Lipinski definition) is 7. The van der Waals surface area contributed by atoms with E-state index in [9.17, 15) is 4.79 Å². The highest BCUT2D eigenvalue weighted by Crippen LogP contribution is 2.30. The lowest BCUT2D eigenvalue weighted by molar-refractivity contribution is -0.0266. The second-order valence-electron chi connectivity index (χ2n) is 8.59. The van der Waals surface area contributed by atoms with Crippen LogP contribution in [0.25, 0.3) is 22.4 Å². The molecule has 9 nitrogen and oxygen atoms in total. The average molecular weight is 397 g/mol. The van der Waals surface area contributed by atoms with Crippen molar-refractivity contribution in [3.05, 3.63) is 30.2 Å². The Morgan fingerprint density at radius 1 is 1.24 bits per heavy atom. The van der Waals surface area contributed by atoms with E-state index in [1.54, 1.807) is 4.90 Å². The van der Waals surface area contributed by atoms with Crippen molar-refractivity contribution in [3.63, 3.8) is 0 Å². The highest BCUT2D eigenvalue weighted by molar-refractivity contribution is 5.83. The quantitative estimate of drug-likeness (QED) is 0.670. The van der Waals surface area contributed by atoms with Crippen molar-refractivity contribution in [2.75, 3.05) is 26.3 Å². The Morgan fingerprint density at radius 2 is 2.03 bits per heavy atom. The van der Waals surface area contributed by atoms with Crippen molar-refractivity contribution in [2.45, 2.75) is 38.3 Å². The third-order valence-corrected chi connectivity index (χ3v) is 5.15. The summed E-state index contributed by atoms with van der Waals surface area (Å²) < 4.78 is 18.2. The molecule has 0 atom stereocenters. The Labute approximate surface area is 167 Å². The molecule has 0 bridgehead atoms. The van der Waals surface area contributed by atoms with Crippen LogP contribution in [0.5, 0.6) is 0 Å². The minimum Gasteiger partial charge on any atom is -0.444 e. The maximum Gasteiger partial charge on any atom is 0.410 e. The van der Waals surface area contributed by atoms with Gasteiger partial charge in [-0.2, -0.15) is 10.1 Å². The Kier molecular flexibility index (Phi) is 4.09. The molecule has 0 aliphatic carbocycles.